The van der Waals surface area contributed by atoms with Crippen LogP contribution >= 0.6 is 11.3 Å². The number of hydrogen-bond acceptors (Lipinski definition) is 5. The van der Waals surface area contributed by atoms with Crippen molar-refractivity contribution in [2.24, 2.45) is 0 Å². The lowest BCUT2D eigenvalue weighted by molar-refractivity contribution is 0.0689. The van der Waals surface area contributed by atoms with E-state index < -0.39 is 5.97 Å². The molecule has 2 aromatic rings. The number of hydrogen-bond donors (Lipinski definition) is 1. The van der Waals surface area contributed by atoms with E-state index >= 15 is 0 Å². The summed E-state index contributed by atoms with van der Waals surface area (Å²) in [6.45, 7) is 4.13. The Morgan fingerprint density at radius 2 is 2.31 bits per heavy atom. The highest BCUT2D eigenvalue weighted by Crippen LogP contribution is 2.14. The lowest BCUT2D eigenvalue weighted by Crippen LogP contribution is -2.04. The summed E-state index contributed by atoms with van der Waals surface area (Å²) >= 11 is 1.56. The summed E-state index contributed by atoms with van der Waals surface area (Å²) < 4.78 is 1.57. The molecule has 0 saturated heterocycles. The monoisotopic (exact) mass is 238 g/mol. The molecule has 0 radical (unpaired) electrons. The molecule has 6 nitrogen and oxygen atoms in total. The summed E-state index contributed by atoms with van der Waals surface area (Å²) in [5.74, 6) is -1.05. The van der Waals surface area contributed by atoms with Crippen molar-refractivity contribution in [1.29, 1.82) is 0 Å². The Morgan fingerprint density at radius 1 is 1.56 bits per heavy atom. The molecule has 16 heavy (non-hydrogen) atoms. The third kappa shape index (κ3) is 1.94. The van der Waals surface area contributed by atoms with Gasteiger partial charge in [-0.25, -0.2) is 14.5 Å². The Kier molecular flexibility index (Phi) is 2.69. The normalized spacial score (nSPS) is 10.6. The summed E-state index contributed by atoms with van der Waals surface area (Å²) in [4.78, 5) is 15.9. The number of rotatable bonds is 3. The molecular weight excluding hydrogens is 228 g/mol. The minimum absolute atomic E-state index is 0.00115. The smallest absolute Gasteiger partial charge is 0.358 e. The van der Waals surface area contributed by atoms with Gasteiger partial charge in [-0.3, -0.25) is 0 Å². The predicted molar refractivity (Wildman–Crippen MR) is 57.7 cm³/mol. The minimum atomic E-state index is -1.05. The van der Waals surface area contributed by atoms with Crippen LogP contribution in [0.3, 0.4) is 0 Å². The summed E-state index contributed by atoms with van der Waals surface area (Å²) in [5, 5.41) is 17.2. The second-order valence-electron chi connectivity index (χ2n) is 3.33. The average Bonchev–Trinajstić information content (AvgIpc) is 2.76. The first kappa shape index (κ1) is 10.7. The van der Waals surface area contributed by atoms with Crippen molar-refractivity contribution in [2.45, 2.75) is 20.4 Å². The van der Waals surface area contributed by atoms with E-state index in [0.29, 0.717) is 12.2 Å². The molecule has 1 N–H and O–H groups in total. The Morgan fingerprint density at radius 3 is 2.81 bits per heavy atom. The third-order valence-corrected chi connectivity index (χ3v) is 3.06. The zero-order valence-corrected chi connectivity index (χ0v) is 9.65. The van der Waals surface area contributed by atoms with Gasteiger partial charge in [0.2, 0.25) is 0 Å². The van der Waals surface area contributed by atoms with Crippen LogP contribution in [-0.2, 0) is 6.54 Å². The molecule has 0 aliphatic heterocycles. The average molecular weight is 238 g/mol. The molecule has 2 heterocycles. The molecule has 0 amide bonds. The van der Waals surface area contributed by atoms with Crippen LogP contribution in [0.5, 0.6) is 0 Å². The number of carbonyl (C=O) groups is 1. The van der Waals surface area contributed by atoms with E-state index in [9.17, 15) is 4.79 Å². The SMILES string of the molecule is Cc1ncc(Cn2nnc(C(=O)O)c2C)s1. The highest BCUT2D eigenvalue weighted by Gasteiger charge is 2.15. The van der Waals surface area contributed by atoms with Crippen LogP contribution in [-0.4, -0.2) is 31.1 Å². The van der Waals surface area contributed by atoms with Crippen LogP contribution in [0.4, 0.5) is 0 Å². The molecule has 0 aliphatic rings. The van der Waals surface area contributed by atoms with E-state index in [1.165, 1.54) is 0 Å². The molecule has 2 rings (SSSR count). The molecule has 0 bridgehead atoms. The van der Waals surface area contributed by atoms with Crippen LogP contribution in [0.1, 0.15) is 26.1 Å². The predicted octanol–water partition coefficient (Wildman–Crippen LogP) is 1.10. The number of nitrogens with zero attached hydrogens (tertiary/aromatic N) is 4. The van der Waals surface area contributed by atoms with Crippen LogP contribution in [0.15, 0.2) is 6.20 Å². The maximum absolute atomic E-state index is 10.8. The zero-order valence-electron chi connectivity index (χ0n) is 8.84. The van der Waals surface area contributed by atoms with Gasteiger partial charge < -0.3 is 5.11 Å². The van der Waals surface area contributed by atoms with Gasteiger partial charge in [0.1, 0.15) is 0 Å². The quantitative estimate of drug-likeness (QED) is 0.865. The van der Waals surface area contributed by atoms with Gasteiger partial charge in [0.05, 0.1) is 17.2 Å². The van der Waals surface area contributed by atoms with E-state index in [2.05, 4.69) is 15.3 Å². The van der Waals surface area contributed by atoms with Crippen LogP contribution < -0.4 is 0 Å². The zero-order chi connectivity index (χ0) is 11.7. The first-order valence-corrected chi connectivity index (χ1v) is 5.44. The molecular formula is C9H10N4O2S. The summed E-state index contributed by atoms with van der Waals surface area (Å²) in [5.41, 5.74) is 0.555. The van der Waals surface area contributed by atoms with Crippen molar-refractivity contribution in [3.8, 4) is 0 Å². The van der Waals surface area contributed by atoms with E-state index in [-0.39, 0.29) is 5.69 Å². The highest BCUT2D eigenvalue weighted by molar-refractivity contribution is 7.11. The van der Waals surface area contributed by atoms with Crippen molar-refractivity contribution in [2.75, 3.05) is 0 Å². The summed E-state index contributed by atoms with van der Waals surface area (Å²) in [6.07, 6.45) is 1.77. The van der Waals surface area contributed by atoms with Crippen LogP contribution in [0.25, 0.3) is 0 Å². The highest BCUT2D eigenvalue weighted by atomic mass is 32.1. The van der Waals surface area contributed by atoms with Crippen LogP contribution in [0, 0.1) is 13.8 Å². The van der Waals surface area contributed by atoms with Crippen LogP contribution in [0.2, 0.25) is 0 Å². The summed E-state index contributed by atoms with van der Waals surface area (Å²) in [7, 11) is 0. The number of thiazole rings is 1. The maximum atomic E-state index is 10.8. The van der Waals surface area contributed by atoms with Crippen molar-refractivity contribution >= 4 is 17.3 Å². The Balaban J connectivity index is 2.25. The van der Waals surface area contributed by atoms with E-state index in [0.717, 1.165) is 9.88 Å². The van der Waals surface area contributed by atoms with Crippen molar-refractivity contribution in [1.82, 2.24) is 20.0 Å². The van der Waals surface area contributed by atoms with E-state index in [1.54, 1.807) is 29.1 Å². The standard InChI is InChI=1S/C9H10N4O2S/c1-5-8(9(14)15)11-12-13(5)4-7-3-10-6(2)16-7/h3H,4H2,1-2H3,(H,14,15). The van der Waals surface area contributed by atoms with Gasteiger partial charge in [0.25, 0.3) is 0 Å². The fraction of sp³-hybridized carbons (Fsp3) is 0.333. The fourth-order valence-corrected chi connectivity index (χ4v) is 2.11. The number of aromatic nitrogens is 4. The number of aryl methyl sites for hydroxylation is 1. The maximum Gasteiger partial charge on any atom is 0.358 e. The Bertz CT molecular complexity index is 531. The van der Waals surface area contributed by atoms with Gasteiger partial charge in [-0.1, -0.05) is 5.21 Å². The molecule has 2 aromatic heterocycles. The Hall–Kier alpha value is -1.76. The van der Waals surface area contributed by atoms with Gasteiger partial charge in [-0.05, 0) is 13.8 Å². The summed E-state index contributed by atoms with van der Waals surface area (Å²) in [6, 6.07) is 0. The van der Waals surface area contributed by atoms with Gasteiger partial charge >= 0.3 is 5.97 Å². The molecule has 0 aromatic carbocycles. The second kappa shape index (κ2) is 4.01. The van der Waals surface area contributed by atoms with E-state index in [4.69, 9.17) is 5.11 Å². The number of aromatic carboxylic acids is 1. The first-order chi connectivity index (χ1) is 7.58. The molecule has 0 spiro atoms. The number of carboxylic acid groups (broad SMARTS) is 1. The fourth-order valence-electron chi connectivity index (χ4n) is 1.33. The lowest BCUT2D eigenvalue weighted by atomic mass is 10.3. The minimum Gasteiger partial charge on any atom is -0.476 e. The largest absolute Gasteiger partial charge is 0.476 e. The second-order valence-corrected chi connectivity index (χ2v) is 4.65. The molecule has 0 atom stereocenters. The molecule has 0 aliphatic carbocycles. The topological polar surface area (TPSA) is 80.9 Å². The molecule has 0 fully saturated rings. The van der Waals surface area contributed by atoms with Gasteiger partial charge in [-0.2, -0.15) is 0 Å². The third-order valence-electron chi connectivity index (χ3n) is 2.16. The van der Waals surface area contributed by atoms with Crippen molar-refractivity contribution in [3.05, 3.63) is 27.5 Å². The van der Waals surface area contributed by atoms with Crippen molar-refractivity contribution in [3.63, 3.8) is 0 Å². The molecule has 0 unspecified atom stereocenters. The van der Waals surface area contributed by atoms with Gasteiger partial charge in [0, 0.05) is 11.1 Å². The van der Waals surface area contributed by atoms with Gasteiger partial charge in [0.15, 0.2) is 5.69 Å². The molecule has 7 heteroatoms. The first-order valence-electron chi connectivity index (χ1n) is 4.62. The molecule has 84 valence electrons. The Labute approximate surface area is 95.6 Å². The van der Waals surface area contributed by atoms with Gasteiger partial charge in [-0.15, -0.1) is 16.4 Å². The lowest BCUT2D eigenvalue weighted by Gasteiger charge is -1.99. The number of carboxylic acids is 1. The van der Waals surface area contributed by atoms with Crippen molar-refractivity contribution < 1.29 is 9.90 Å². The molecule has 0 saturated carbocycles. The van der Waals surface area contributed by atoms with E-state index in [1.807, 2.05) is 6.92 Å².